The van der Waals surface area contributed by atoms with Crippen LogP contribution in [-0.2, 0) is 0 Å². The lowest BCUT2D eigenvalue weighted by molar-refractivity contribution is 0.0330. The fourth-order valence-corrected chi connectivity index (χ4v) is 1.71. The van der Waals surface area contributed by atoms with Gasteiger partial charge in [0.1, 0.15) is 6.10 Å². The second kappa shape index (κ2) is 5.35. The largest absolute Gasteiger partial charge is 0.478 e. The molecular formula is C11H14ClNO4. The van der Waals surface area contributed by atoms with Gasteiger partial charge in [0.2, 0.25) is 0 Å². The second-order valence-corrected chi connectivity index (χ2v) is 4.10. The quantitative estimate of drug-likeness (QED) is 0.475. The molecule has 0 aromatic heterocycles. The summed E-state index contributed by atoms with van der Waals surface area (Å²) in [5.41, 5.74) is 6.31. The third-order valence-corrected chi connectivity index (χ3v) is 2.74. The van der Waals surface area contributed by atoms with Gasteiger partial charge in [0, 0.05) is 5.56 Å². The Bertz CT molecular complexity index is 436. The van der Waals surface area contributed by atoms with Gasteiger partial charge in [-0.05, 0) is 18.6 Å². The van der Waals surface area contributed by atoms with Crippen molar-refractivity contribution in [1.82, 2.24) is 0 Å². The number of anilines is 1. The average Bonchev–Trinajstić information content (AvgIpc) is 2.29. The smallest absolute Gasteiger partial charge is 0.337 e. The number of aliphatic hydroxyl groups excluding tert-OH is 2. The lowest BCUT2D eigenvalue weighted by atomic mass is 9.97. The molecule has 0 heterocycles. The molecule has 0 amide bonds. The molecule has 2 unspecified atom stereocenters. The maximum Gasteiger partial charge on any atom is 0.337 e. The van der Waals surface area contributed by atoms with Crippen molar-refractivity contribution in [1.29, 1.82) is 0 Å². The molecule has 6 heteroatoms. The van der Waals surface area contributed by atoms with E-state index in [1.54, 1.807) is 6.92 Å². The molecule has 1 aromatic rings. The summed E-state index contributed by atoms with van der Waals surface area (Å²) in [5, 5.41) is 28.2. The molecule has 5 N–H and O–H groups in total. The summed E-state index contributed by atoms with van der Waals surface area (Å²) in [5.74, 6) is -1.35. The van der Waals surface area contributed by atoms with E-state index in [2.05, 4.69) is 0 Å². The summed E-state index contributed by atoms with van der Waals surface area (Å²) >= 11 is 5.42. The van der Waals surface area contributed by atoms with Crippen molar-refractivity contribution >= 4 is 23.3 Å². The van der Waals surface area contributed by atoms with Gasteiger partial charge in [0.05, 0.1) is 23.2 Å². The fourth-order valence-electron chi connectivity index (χ4n) is 1.54. The zero-order chi connectivity index (χ0) is 13.2. The molecule has 0 spiro atoms. The summed E-state index contributed by atoms with van der Waals surface area (Å²) < 4.78 is 0. The van der Waals surface area contributed by atoms with Gasteiger partial charge < -0.3 is 21.1 Å². The van der Waals surface area contributed by atoms with E-state index >= 15 is 0 Å². The Balaban J connectivity index is 3.29. The maximum atomic E-state index is 10.9. The SMILES string of the molecule is Cc1cc(C(=O)O)c(N)c(C(O)C(O)CCl)c1. The number of halogens is 1. The number of alkyl halides is 1. The van der Waals surface area contributed by atoms with Crippen molar-refractivity contribution in [3.63, 3.8) is 0 Å². The van der Waals surface area contributed by atoms with E-state index < -0.39 is 18.2 Å². The van der Waals surface area contributed by atoms with Gasteiger partial charge in [-0.2, -0.15) is 0 Å². The van der Waals surface area contributed by atoms with Crippen LogP contribution in [0.3, 0.4) is 0 Å². The van der Waals surface area contributed by atoms with Crippen molar-refractivity contribution < 1.29 is 20.1 Å². The highest BCUT2D eigenvalue weighted by atomic mass is 35.5. The average molecular weight is 260 g/mol. The lowest BCUT2D eigenvalue weighted by Crippen LogP contribution is -2.22. The zero-order valence-corrected chi connectivity index (χ0v) is 9.98. The number of hydrogen-bond donors (Lipinski definition) is 4. The Morgan fingerprint density at radius 3 is 2.53 bits per heavy atom. The molecule has 17 heavy (non-hydrogen) atoms. The minimum atomic E-state index is -1.30. The Morgan fingerprint density at radius 1 is 1.47 bits per heavy atom. The number of hydrogen-bond acceptors (Lipinski definition) is 4. The van der Waals surface area contributed by atoms with E-state index in [-0.39, 0.29) is 22.7 Å². The van der Waals surface area contributed by atoms with Crippen LogP contribution in [0, 0.1) is 6.92 Å². The van der Waals surface area contributed by atoms with Crippen molar-refractivity contribution in [2.75, 3.05) is 11.6 Å². The number of nitrogen functional groups attached to an aromatic ring is 1. The Kier molecular flexibility index (Phi) is 4.34. The number of rotatable bonds is 4. The van der Waals surface area contributed by atoms with Gasteiger partial charge in [0.25, 0.3) is 0 Å². The van der Waals surface area contributed by atoms with Crippen LogP contribution in [-0.4, -0.2) is 33.3 Å². The monoisotopic (exact) mass is 259 g/mol. The summed E-state index contributed by atoms with van der Waals surface area (Å²) in [6, 6.07) is 2.93. The third-order valence-electron chi connectivity index (χ3n) is 2.43. The molecule has 0 saturated heterocycles. The molecule has 0 aliphatic heterocycles. The van der Waals surface area contributed by atoms with Crippen LogP contribution >= 0.6 is 11.6 Å². The summed E-state index contributed by atoms with van der Waals surface area (Å²) in [6.45, 7) is 1.68. The van der Waals surface area contributed by atoms with Crippen molar-refractivity contribution in [3.05, 3.63) is 28.8 Å². The zero-order valence-electron chi connectivity index (χ0n) is 9.22. The van der Waals surface area contributed by atoms with E-state index in [9.17, 15) is 15.0 Å². The number of carboxylic acid groups (broad SMARTS) is 1. The summed E-state index contributed by atoms with van der Waals surface area (Å²) in [7, 11) is 0. The molecular weight excluding hydrogens is 246 g/mol. The fraction of sp³-hybridized carbons (Fsp3) is 0.364. The minimum Gasteiger partial charge on any atom is -0.478 e. The van der Waals surface area contributed by atoms with Crippen LogP contribution in [0.5, 0.6) is 0 Å². The van der Waals surface area contributed by atoms with E-state index in [0.29, 0.717) is 5.56 Å². The van der Waals surface area contributed by atoms with Crippen LogP contribution in [0.2, 0.25) is 0 Å². The van der Waals surface area contributed by atoms with Crippen molar-refractivity contribution in [2.24, 2.45) is 0 Å². The van der Waals surface area contributed by atoms with Gasteiger partial charge in [-0.15, -0.1) is 11.6 Å². The highest BCUT2D eigenvalue weighted by Gasteiger charge is 2.23. The van der Waals surface area contributed by atoms with Crippen LogP contribution in [0.15, 0.2) is 12.1 Å². The first-order chi connectivity index (χ1) is 7.88. The van der Waals surface area contributed by atoms with E-state index in [1.165, 1.54) is 12.1 Å². The molecule has 0 aliphatic carbocycles. The van der Waals surface area contributed by atoms with Gasteiger partial charge in [-0.25, -0.2) is 4.79 Å². The Morgan fingerprint density at radius 2 is 2.06 bits per heavy atom. The lowest BCUT2D eigenvalue weighted by Gasteiger charge is -2.19. The molecule has 0 bridgehead atoms. The highest BCUT2D eigenvalue weighted by molar-refractivity contribution is 6.18. The number of nitrogens with two attached hydrogens (primary N) is 1. The Hall–Kier alpha value is -1.30. The second-order valence-electron chi connectivity index (χ2n) is 3.79. The molecule has 1 rings (SSSR count). The molecule has 94 valence electrons. The number of aliphatic hydroxyl groups is 2. The molecule has 5 nitrogen and oxygen atoms in total. The number of carboxylic acids is 1. The molecule has 2 atom stereocenters. The molecule has 0 radical (unpaired) electrons. The highest BCUT2D eigenvalue weighted by Crippen LogP contribution is 2.28. The third kappa shape index (κ3) is 2.88. The number of aryl methyl sites for hydroxylation is 1. The Labute approximate surface area is 103 Å². The van der Waals surface area contributed by atoms with Crippen LogP contribution < -0.4 is 5.73 Å². The first-order valence-electron chi connectivity index (χ1n) is 4.94. The predicted molar refractivity (Wildman–Crippen MR) is 64.2 cm³/mol. The summed E-state index contributed by atoms with van der Waals surface area (Å²) in [4.78, 5) is 10.9. The van der Waals surface area contributed by atoms with Gasteiger partial charge in [-0.3, -0.25) is 0 Å². The van der Waals surface area contributed by atoms with Gasteiger partial charge in [-0.1, -0.05) is 6.07 Å². The number of carbonyl (C=O) groups is 1. The molecule has 1 aromatic carbocycles. The topological polar surface area (TPSA) is 104 Å². The van der Waals surface area contributed by atoms with E-state index in [0.717, 1.165) is 0 Å². The van der Waals surface area contributed by atoms with Gasteiger partial charge >= 0.3 is 5.97 Å². The normalized spacial score (nSPS) is 14.4. The first kappa shape index (κ1) is 13.8. The van der Waals surface area contributed by atoms with Crippen LogP contribution in [0.25, 0.3) is 0 Å². The van der Waals surface area contributed by atoms with Crippen LogP contribution in [0.4, 0.5) is 5.69 Å². The molecule has 0 aliphatic rings. The standard InChI is InChI=1S/C11H14ClNO4/c1-5-2-6(10(15)8(14)4-12)9(13)7(3-5)11(16)17/h2-3,8,10,14-15H,4,13H2,1H3,(H,16,17). The van der Waals surface area contributed by atoms with Crippen LogP contribution in [0.1, 0.15) is 27.6 Å². The van der Waals surface area contributed by atoms with Crippen molar-refractivity contribution in [3.8, 4) is 0 Å². The van der Waals surface area contributed by atoms with Gasteiger partial charge in [0.15, 0.2) is 0 Å². The van der Waals surface area contributed by atoms with Crippen molar-refractivity contribution in [2.45, 2.75) is 19.1 Å². The summed E-state index contributed by atoms with van der Waals surface area (Å²) in [6.07, 6.45) is -2.49. The maximum absolute atomic E-state index is 10.9. The molecule has 0 fully saturated rings. The minimum absolute atomic E-state index is 0.0558. The van der Waals surface area contributed by atoms with E-state index in [1.807, 2.05) is 0 Å². The predicted octanol–water partition coefficient (Wildman–Crippen LogP) is 0.909. The number of aromatic carboxylic acids is 1. The number of benzene rings is 1. The first-order valence-corrected chi connectivity index (χ1v) is 5.47. The molecule has 0 saturated carbocycles. The van der Waals surface area contributed by atoms with E-state index in [4.69, 9.17) is 22.4 Å².